The molecule has 2 N–H and O–H groups in total. The number of carbonyl (C=O) groups is 2. The van der Waals surface area contributed by atoms with E-state index in [1.165, 1.54) is 0 Å². The fourth-order valence-corrected chi connectivity index (χ4v) is 2.83. The van der Waals surface area contributed by atoms with E-state index in [1.54, 1.807) is 0 Å². The Morgan fingerprint density at radius 1 is 0.739 bits per heavy atom. The molecule has 0 aliphatic heterocycles. The average Bonchev–Trinajstić information content (AvgIpc) is 2.07. The van der Waals surface area contributed by atoms with Crippen molar-refractivity contribution < 1.29 is 39.3 Å². The molecule has 0 saturated carbocycles. The first-order chi connectivity index (χ1) is 9.62. The minimum Gasteiger partial charge on any atom is -0.481 e. The van der Waals surface area contributed by atoms with E-state index in [9.17, 15) is 9.59 Å². The van der Waals surface area contributed by atoms with Crippen LogP contribution in [0.3, 0.4) is 0 Å². The second-order valence-electron chi connectivity index (χ2n) is 8.94. The fourth-order valence-electron chi connectivity index (χ4n) is 2.83. The van der Waals surface area contributed by atoms with Crippen molar-refractivity contribution in [1.29, 1.82) is 0 Å². The molecule has 23 heavy (non-hydrogen) atoms. The van der Waals surface area contributed by atoms with Crippen LogP contribution in [0.2, 0.25) is 0 Å². The molecular formula is C18H36O4Zn. The Hall–Kier alpha value is -0.437. The zero-order valence-corrected chi connectivity index (χ0v) is 19.4. The molecule has 2 unspecified atom stereocenters. The van der Waals surface area contributed by atoms with Gasteiger partial charge in [-0.25, -0.2) is 0 Å². The van der Waals surface area contributed by atoms with Gasteiger partial charge in [0.2, 0.25) is 0 Å². The van der Waals surface area contributed by atoms with Gasteiger partial charge in [-0.15, -0.1) is 0 Å². The van der Waals surface area contributed by atoms with E-state index < -0.39 is 11.9 Å². The van der Waals surface area contributed by atoms with Gasteiger partial charge in [-0.3, -0.25) is 9.59 Å². The Bertz CT molecular complexity index is 306. The van der Waals surface area contributed by atoms with Gasteiger partial charge >= 0.3 is 11.9 Å². The average molecular weight is 382 g/mol. The summed E-state index contributed by atoms with van der Waals surface area (Å²) < 4.78 is 0. The van der Waals surface area contributed by atoms with Gasteiger partial charge in [0.1, 0.15) is 0 Å². The Morgan fingerprint density at radius 3 is 1.09 bits per heavy atom. The Kier molecular flexibility index (Phi) is 14.3. The Balaban J connectivity index is -0.000000333. The summed E-state index contributed by atoms with van der Waals surface area (Å²) in [6.07, 6.45) is 2.52. The number of aliphatic carboxylic acids is 2. The molecule has 5 heteroatoms. The quantitative estimate of drug-likeness (QED) is 0.630. The molecule has 0 radical (unpaired) electrons. The van der Waals surface area contributed by atoms with E-state index in [0.717, 1.165) is 12.8 Å². The van der Waals surface area contributed by atoms with Gasteiger partial charge in [0, 0.05) is 32.3 Å². The van der Waals surface area contributed by atoms with Crippen LogP contribution in [0.15, 0.2) is 0 Å². The number of hydrogen-bond acceptors (Lipinski definition) is 2. The van der Waals surface area contributed by atoms with Crippen LogP contribution >= 0.6 is 0 Å². The molecule has 0 amide bonds. The smallest absolute Gasteiger partial charge is 0.303 e. The van der Waals surface area contributed by atoms with Crippen molar-refractivity contribution in [3.05, 3.63) is 0 Å². The summed E-state index contributed by atoms with van der Waals surface area (Å²) in [6.45, 7) is 16.8. The molecule has 0 heterocycles. The molecule has 2 atom stereocenters. The predicted octanol–water partition coefficient (Wildman–Crippen LogP) is 5.06. The normalized spacial score (nSPS) is 13.9. The topological polar surface area (TPSA) is 74.6 Å². The van der Waals surface area contributed by atoms with Crippen LogP contribution in [0.5, 0.6) is 0 Å². The number of rotatable bonds is 6. The summed E-state index contributed by atoms with van der Waals surface area (Å²) in [5, 5.41) is 17.0. The molecule has 0 saturated heterocycles. The summed E-state index contributed by atoms with van der Waals surface area (Å²) >= 11 is 0. The van der Waals surface area contributed by atoms with Crippen molar-refractivity contribution in [2.45, 2.75) is 81.1 Å². The Morgan fingerprint density at radius 2 is 0.957 bits per heavy atom. The van der Waals surface area contributed by atoms with E-state index in [-0.39, 0.29) is 55.0 Å². The molecule has 0 fully saturated rings. The van der Waals surface area contributed by atoms with Gasteiger partial charge in [0.25, 0.3) is 0 Å². The van der Waals surface area contributed by atoms with Crippen LogP contribution < -0.4 is 0 Å². The van der Waals surface area contributed by atoms with E-state index in [1.807, 2.05) is 13.8 Å². The fraction of sp³-hybridized carbons (Fsp3) is 0.889. The molecular weight excluding hydrogens is 346 g/mol. The maximum absolute atomic E-state index is 10.3. The van der Waals surface area contributed by atoms with Crippen LogP contribution in [0.1, 0.15) is 81.1 Å². The zero-order valence-electron chi connectivity index (χ0n) is 16.4. The van der Waals surface area contributed by atoms with Gasteiger partial charge in [-0.05, 0) is 35.5 Å². The third-order valence-corrected chi connectivity index (χ3v) is 2.97. The molecule has 4 nitrogen and oxygen atoms in total. The SMILES string of the molecule is CC(CC(=O)O)CC(C)(C)C.CC(CC(=O)O)CC(C)(C)C.[Zn]. The van der Waals surface area contributed by atoms with E-state index in [0.29, 0.717) is 0 Å². The molecule has 0 aromatic heterocycles. The summed E-state index contributed by atoms with van der Waals surface area (Å²) in [5.41, 5.74) is 0.490. The van der Waals surface area contributed by atoms with E-state index in [4.69, 9.17) is 10.2 Å². The molecule has 0 aromatic carbocycles. The van der Waals surface area contributed by atoms with Gasteiger partial charge in [-0.1, -0.05) is 55.4 Å². The molecule has 0 aromatic rings. The van der Waals surface area contributed by atoms with E-state index in [2.05, 4.69) is 41.5 Å². The molecule has 0 bridgehead atoms. The summed E-state index contributed by atoms with van der Waals surface area (Å²) in [6, 6.07) is 0. The molecule has 0 aliphatic rings. The van der Waals surface area contributed by atoms with Crippen molar-refractivity contribution in [2.24, 2.45) is 22.7 Å². The van der Waals surface area contributed by atoms with Crippen LogP contribution in [0.25, 0.3) is 0 Å². The van der Waals surface area contributed by atoms with Crippen LogP contribution in [-0.4, -0.2) is 22.2 Å². The molecule has 0 spiro atoms. The third-order valence-electron chi connectivity index (χ3n) is 2.97. The third kappa shape index (κ3) is 26.8. The van der Waals surface area contributed by atoms with Crippen molar-refractivity contribution in [3.63, 3.8) is 0 Å². The van der Waals surface area contributed by atoms with Gasteiger partial charge in [0.15, 0.2) is 0 Å². The first kappa shape index (κ1) is 27.4. The molecule has 0 aliphatic carbocycles. The predicted molar refractivity (Wildman–Crippen MR) is 91.0 cm³/mol. The largest absolute Gasteiger partial charge is 0.481 e. The number of hydrogen-bond donors (Lipinski definition) is 2. The van der Waals surface area contributed by atoms with Gasteiger partial charge < -0.3 is 10.2 Å². The van der Waals surface area contributed by atoms with Crippen LogP contribution in [-0.2, 0) is 29.1 Å². The number of carboxylic acids is 2. The first-order valence-corrected chi connectivity index (χ1v) is 8.06. The zero-order chi connectivity index (χ0) is 18.1. The summed E-state index contributed by atoms with van der Waals surface area (Å²) in [5.74, 6) is -0.816. The van der Waals surface area contributed by atoms with Crippen molar-refractivity contribution in [2.75, 3.05) is 0 Å². The van der Waals surface area contributed by atoms with Crippen LogP contribution in [0.4, 0.5) is 0 Å². The second kappa shape index (κ2) is 12.0. The van der Waals surface area contributed by atoms with Gasteiger partial charge in [0.05, 0.1) is 0 Å². The Labute approximate surface area is 155 Å². The standard InChI is InChI=1S/2C9H18O2.Zn/c2*1-7(5-8(10)11)6-9(2,3)4;/h2*7H,5-6H2,1-4H3,(H,10,11);. The maximum atomic E-state index is 10.3. The summed E-state index contributed by atoms with van der Waals surface area (Å²) in [4.78, 5) is 20.6. The minimum absolute atomic E-state index is 0. The molecule has 134 valence electrons. The summed E-state index contributed by atoms with van der Waals surface area (Å²) in [7, 11) is 0. The van der Waals surface area contributed by atoms with E-state index >= 15 is 0 Å². The van der Waals surface area contributed by atoms with Crippen molar-refractivity contribution in [1.82, 2.24) is 0 Å². The first-order valence-electron chi connectivity index (χ1n) is 8.06. The monoisotopic (exact) mass is 380 g/mol. The van der Waals surface area contributed by atoms with Crippen molar-refractivity contribution >= 4 is 11.9 Å². The van der Waals surface area contributed by atoms with Crippen molar-refractivity contribution in [3.8, 4) is 0 Å². The number of carboxylic acid groups (broad SMARTS) is 2. The molecule has 0 rings (SSSR count). The maximum Gasteiger partial charge on any atom is 0.303 e. The van der Waals surface area contributed by atoms with Crippen LogP contribution in [0, 0.1) is 22.7 Å². The second-order valence-corrected chi connectivity index (χ2v) is 8.94. The van der Waals surface area contributed by atoms with Gasteiger partial charge in [-0.2, -0.15) is 0 Å². The minimum atomic E-state index is -0.693.